The number of imidazole rings is 1. The van der Waals surface area contributed by atoms with Crippen molar-refractivity contribution in [2.75, 3.05) is 5.75 Å². The first-order valence-corrected chi connectivity index (χ1v) is 6.80. The van der Waals surface area contributed by atoms with Crippen LogP contribution in [0.1, 0.15) is 33.5 Å². The van der Waals surface area contributed by atoms with Crippen molar-refractivity contribution in [1.29, 1.82) is 0 Å². The van der Waals surface area contributed by atoms with Gasteiger partial charge in [0.2, 0.25) is 0 Å². The number of aryl methyl sites for hydroxylation is 1. The molecular weight excluding hydrogens is 218 g/mol. The van der Waals surface area contributed by atoms with Crippen molar-refractivity contribution in [3.8, 4) is 0 Å². The number of hydrogen-bond acceptors (Lipinski definition) is 3. The SMILES string of the molecule is CCn1ccnc1CC(N)CSC(C)(C)C. The molecule has 3 nitrogen and oxygen atoms in total. The van der Waals surface area contributed by atoms with Gasteiger partial charge in [0.1, 0.15) is 5.82 Å². The molecule has 0 fully saturated rings. The standard InChI is InChI=1S/C12H23N3S/c1-5-15-7-6-14-11(15)8-10(13)9-16-12(2,3)4/h6-7,10H,5,8-9,13H2,1-4H3. The molecule has 1 heterocycles. The van der Waals surface area contributed by atoms with Crippen LogP contribution in [0, 0.1) is 0 Å². The van der Waals surface area contributed by atoms with Crippen LogP contribution in [0.3, 0.4) is 0 Å². The van der Waals surface area contributed by atoms with E-state index in [1.54, 1.807) is 0 Å². The van der Waals surface area contributed by atoms with Gasteiger partial charge < -0.3 is 10.3 Å². The van der Waals surface area contributed by atoms with E-state index in [4.69, 9.17) is 5.73 Å². The highest BCUT2D eigenvalue weighted by Crippen LogP contribution is 2.23. The summed E-state index contributed by atoms with van der Waals surface area (Å²) in [5.74, 6) is 2.09. The molecular formula is C12H23N3S. The molecule has 0 aliphatic carbocycles. The Hall–Kier alpha value is -0.480. The summed E-state index contributed by atoms with van der Waals surface area (Å²) in [6, 6.07) is 0.192. The summed E-state index contributed by atoms with van der Waals surface area (Å²) in [7, 11) is 0. The van der Waals surface area contributed by atoms with E-state index in [-0.39, 0.29) is 10.8 Å². The highest BCUT2D eigenvalue weighted by molar-refractivity contribution is 8.00. The van der Waals surface area contributed by atoms with Crippen LogP contribution in [0.2, 0.25) is 0 Å². The normalized spacial score (nSPS) is 14.1. The van der Waals surface area contributed by atoms with Gasteiger partial charge in [0.15, 0.2) is 0 Å². The molecule has 2 N–H and O–H groups in total. The summed E-state index contributed by atoms with van der Waals surface area (Å²) >= 11 is 1.91. The lowest BCUT2D eigenvalue weighted by Gasteiger charge is -2.20. The van der Waals surface area contributed by atoms with E-state index in [2.05, 4.69) is 37.2 Å². The average Bonchev–Trinajstić information content (AvgIpc) is 2.61. The minimum Gasteiger partial charge on any atom is -0.335 e. The fraction of sp³-hybridized carbons (Fsp3) is 0.750. The second kappa shape index (κ2) is 5.73. The first-order chi connectivity index (χ1) is 7.42. The summed E-state index contributed by atoms with van der Waals surface area (Å²) in [5, 5.41) is 0. The lowest BCUT2D eigenvalue weighted by molar-refractivity contribution is 0.639. The average molecular weight is 241 g/mol. The maximum Gasteiger partial charge on any atom is 0.110 e. The largest absolute Gasteiger partial charge is 0.335 e. The van der Waals surface area contributed by atoms with E-state index >= 15 is 0 Å². The summed E-state index contributed by atoms with van der Waals surface area (Å²) in [6.07, 6.45) is 4.73. The smallest absolute Gasteiger partial charge is 0.110 e. The van der Waals surface area contributed by atoms with Crippen molar-refractivity contribution >= 4 is 11.8 Å². The van der Waals surface area contributed by atoms with Crippen LogP contribution >= 0.6 is 11.8 Å². The molecule has 0 saturated carbocycles. The third-order valence-electron chi connectivity index (χ3n) is 2.32. The van der Waals surface area contributed by atoms with E-state index in [0.29, 0.717) is 0 Å². The lowest BCUT2D eigenvalue weighted by Crippen LogP contribution is -2.29. The molecule has 1 rings (SSSR count). The van der Waals surface area contributed by atoms with Crippen molar-refractivity contribution in [1.82, 2.24) is 9.55 Å². The summed E-state index contributed by atoms with van der Waals surface area (Å²) < 4.78 is 2.44. The molecule has 0 radical (unpaired) electrons. The van der Waals surface area contributed by atoms with Gasteiger partial charge in [-0.05, 0) is 6.92 Å². The quantitative estimate of drug-likeness (QED) is 0.860. The van der Waals surface area contributed by atoms with E-state index in [1.807, 2.05) is 24.2 Å². The summed E-state index contributed by atoms with van der Waals surface area (Å²) in [6.45, 7) is 9.75. The summed E-state index contributed by atoms with van der Waals surface area (Å²) in [5.41, 5.74) is 6.12. The van der Waals surface area contributed by atoms with Crippen molar-refractivity contribution in [2.45, 2.75) is 51.4 Å². The van der Waals surface area contributed by atoms with Gasteiger partial charge in [-0.1, -0.05) is 20.8 Å². The Bertz CT molecular complexity index is 314. The minimum absolute atomic E-state index is 0.192. The number of aromatic nitrogens is 2. The van der Waals surface area contributed by atoms with Crippen LogP contribution in [-0.2, 0) is 13.0 Å². The first-order valence-electron chi connectivity index (χ1n) is 5.82. The zero-order chi connectivity index (χ0) is 12.2. The van der Waals surface area contributed by atoms with Gasteiger partial charge >= 0.3 is 0 Å². The lowest BCUT2D eigenvalue weighted by atomic mass is 10.2. The number of thioether (sulfide) groups is 1. The summed E-state index contributed by atoms with van der Waals surface area (Å²) in [4.78, 5) is 4.35. The van der Waals surface area contributed by atoms with Gasteiger partial charge in [-0.3, -0.25) is 0 Å². The second-order valence-corrected chi connectivity index (χ2v) is 6.86. The number of rotatable bonds is 5. The van der Waals surface area contributed by atoms with Crippen LogP contribution in [0.25, 0.3) is 0 Å². The number of nitrogens with zero attached hydrogens (tertiary/aromatic N) is 2. The van der Waals surface area contributed by atoms with Gasteiger partial charge in [-0.25, -0.2) is 4.98 Å². The Morgan fingerprint density at radius 1 is 1.50 bits per heavy atom. The van der Waals surface area contributed by atoms with Crippen molar-refractivity contribution in [2.24, 2.45) is 5.73 Å². The molecule has 0 amide bonds. The Kier molecular flexibility index (Phi) is 4.87. The van der Waals surface area contributed by atoms with Gasteiger partial charge in [0, 0.05) is 41.9 Å². The monoisotopic (exact) mass is 241 g/mol. The molecule has 1 aromatic heterocycles. The molecule has 0 saturated heterocycles. The minimum atomic E-state index is 0.192. The van der Waals surface area contributed by atoms with Crippen LogP contribution in [0.15, 0.2) is 12.4 Å². The Morgan fingerprint density at radius 3 is 2.75 bits per heavy atom. The molecule has 4 heteroatoms. The van der Waals surface area contributed by atoms with Crippen LogP contribution in [-0.4, -0.2) is 26.1 Å². The van der Waals surface area contributed by atoms with E-state index in [9.17, 15) is 0 Å². The predicted octanol–water partition coefficient (Wildman–Crippen LogP) is 2.30. The highest BCUT2D eigenvalue weighted by atomic mass is 32.2. The van der Waals surface area contributed by atoms with Crippen LogP contribution in [0.5, 0.6) is 0 Å². The second-order valence-electron chi connectivity index (χ2n) is 5.02. The third-order valence-corrected chi connectivity index (χ3v) is 3.78. The van der Waals surface area contributed by atoms with Gasteiger partial charge in [0.05, 0.1) is 0 Å². The van der Waals surface area contributed by atoms with Crippen molar-refractivity contribution in [3.05, 3.63) is 18.2 Å². The highest BCUT2D eigenvalue weighted by Gasteiger charge is 2.14. The maximum absolute atomic E-state index is 6.12. The van der Waals surface area contributed by atoms with Gasteiger partial charge in [0.25, 0.3) is 0 Å². The zero-order valence-corrected chi connectivity index (χ0v) is 11.5. The number of hydrogen-bond donors (Lipinski definition) is 1. The van der Waals surface area contributed by atoms with Crippen LogP contribution < -0.4 is 5.73 Å². The fourth-order valence-corrected chi connectivity index (χ4v) is 2.30. The molecule has 0 bridgehead atoms. The molecule has 16 heavy (non-hydrogen) atoms. The Morgan fingerprint density at radius 2 is 2.19 bits per heavy atom. The third kappa shape index (κ3) is 4.58. The van der Waals surface area contributed by atoms with Gasteiger partial charge in [-0.2, -0.15) is 11.8 Å². The van der Waals surface area contributed by atoms with E-state index in [0.717, 1.165) is 24.5 Å². The molecule has 92 valence electrons. The maximum atomic E-state index is 6.12. The molecule has 0 aliphatic rings. The number of nitrogens with two attached hydrogens (primary N) is 1. The molecule has 0 aromatic carbocycles. The fourth-order valence-electron chi connectivity index (χ4n) is 1.47. The Balaban J connectivity index is 2.42. The van der Waals surface area contributed by atoms with Crippen molar-refractivity contribution < 1.29 is 0 Å². The molecule has 1 aromatic rings. The van der Waals surface area contributed by atoms with E-state index < -0.39 is 0 Å². The van der Waals surface area contributed by atoms with Crippen molar-refractivity contribution in [3.63, 3.8) is 0 Å². The topological polar surface area (TPSA) is 43.8 Å². The zero-order valence-electron chi connectivity index (χ0n) is 10.7. The Labute approximate surface area is 103 Å². The molecule has 0 aliphatic heterocycles. The molecule has 0 spiro atoms. The first kappa shape index (κ1) is 13.6. The van der Waals surface area contributed by atoms with E-state index in [1.165, 1.54) is 0 Å². The van der Waals surface area contributed by atoms with Gasteiger partial charge in [-0.15, -0.1) is 0 Å². The molecule has 1 unspecified atom stereocenters. The predicted molar refractivity (Wildman–Crippen MR) is 71.8 cm³/mol. The van der Waals surface area contributed by atoms with Crippen LogP contribution in [0.4, 0.5) is 0 Å². The molecule has 1 atom stereocenters.